The summed E-state index contributed by atoms with van der Waals surface area (Å²) in [7, 11) is 0. The lowest BCUT2D eigenvalue weighted by atomic mass is 10.0. The van der Waals surface area contributed by atoms with Gasteiger partial charge >= 0.3 is 0 Å². The lowest BCUT2D eigenvalue weighted by molar-refractivity contribution is 0.386. The Hall–Kier alpha value is -0.0700. The van der Waals surface area contributed by atoms with E-state index in [0.717, 1.165) is 12.8 Å². The van der Waals surface area contributed by atoms with Gasteiger partial charge in [0, 0.05) is 0 Å². The van der Waals surface area contributed by atoms with Crippen molar-refractivity contribution >= 4 is 0 Å². The highest BCUT2D eigenvalue weighted by Crippen LogP contribution is 2.54. The largest absolute Gasteiger partial charge is 0.251 e. The van der Waals surface area contributed by atoms with Crippen molar-refractivity contribution in [3.05, 3.63) is 0 Å². The highest BCUT2D eigenvalue weighted by Gasteiger charge is 2.47. The van der Waals surface area contributed by atoms with Gasteiger partial charge in [-0.25, -0.2) is 0 Å². The molecule has 0 spiro atoms. The molecule has 0 nitrogen and oxygen atoms in total. The van der Waals surface area contributed by atoms with E-state index in [1.807, 2.05) is 0 Å². The van der Waals surface area contributed by atoms with Gasteiger partial charge in [-0.15, -0.1) is 0 Å². The fourth-order valence-electron chi connectivity index (χ4n) is 1.18. The fraction of sp³-hybridized carbons (Fsp3) is 1.00. The second-order valence-corrected chi connectivity index (χ2v) is 3.06. The molecule has 1 aliphatic rings. The van der Waals surface area contributed by atoms with Crippen LogP contribution in [0.2, 0.25) is 0 Å². The molecule has 0 amide bonds. The van der Waals surface area contributed by atoms with Gasteiger partial charge in [0.05, 0.1) is 6.67 Å². The van der Waals surface area contributed by atoms with Crippen molar-refractivity contribution in [1.82, 2.24) is 0 Å². The van der Waals surface area contributed by atoms with Gasteiger partial charge in [0.1, 0.15) is 0 Å². The van der Waals surface area contributed by atoms with Gasteiger partial charge in [-0.1, -0.05) is 20.3 Å². The predicted octanol–water partition coefficient (Wildman–Crippen LogP) is 2.39. The van der Waals surface area contributed by atoms with E-state index in [1.54, 1.807) is 0 Å². The first kappa shape index (κ1) is 6.06. The molecule has 1 heteroatoms. The molecule has 48 valence electrons. The monoisotopic (exact) mass is 116 g/mol. The Bertz CT molecular complexity index is 90.4. The minimum atomic E-state index is -0.107. The maximum absolute atomic E-state index is 11.9. The third-order valence-corrected chi connectivity index (χ3v) is 2.53. The van der Waals surface area contributed by atoms with Crippen molar-refractivity contribution in [3.8, 4) is 0 Å². The number of rotatable bonds is 2. The van der Waals surface area contributed by atoms with E-state index < -0.39 is 0 Å². The summed E-state index contributed by atoms with van der Waals surface area (Å²) in [5, 5.41) is 0. The Morgan fingerprint density at radius 2 is 2.38 bits per heavy atom. The highest BCUT2D eigenvalue weighted by molar-refractivity contribution is 4.97. The van der Waals surface area contributed by atoms with Crippen LogP contribution < -0.4 is 0 Å². The van der Waals surface area contributed by atoms with Crippen LogP contribution in [0.5, 0.6) is 0 Å². The molecule has 1 rings (SSSR count). The molecule has 0 aromatic heterocycles. The van der Waals surface area contributed by atoms with Crippen LogP contribution in [-0.4, -0.2) is 6.67 Å². The molecular weight excluding hydrogens is 103 g/mol. The van der Waals surface area contributed by atoms with Gasteiger partial charge in [0.2, 0.25) is 0 Å². The van der Waals surface area contributed by atoms with Gasteiger partial charge in [-0.2, -0.15) is 0 Å². The highest BCUT2D eigenvalue weighted by atomic mass is 19.1. The molecule has 0 heterocycles. The molecule has 0 radical (unpaired) electrons. The molecule has 0 aliphatic heterocycles. The van der Waals surface area contributed by atoms with Crippen molar-refractivity contribution in [1.29, 1.82) is 0 Å². The number of halogens is 1. The minimum absolute atomic E-state index is 0.107. The van der Waals surface area contributed by atoms with Crippen LogP contribution in [-0.2, 0) is 0 Å². The number of alkyl halides is 1. The van der Waals surface area contributed by atoms with Gasteiger partial charge in [0.15, 0.2) is 0 Å². The van der Waals surface area contributed by atoms with Crippen molar-refractivity contribution < 1.29 is 4.39 Å². The Labute approximate surface area is 50.1 Å². The first-order valence-corrected chi connectivity index (χ1v) is 3.29. The van der Waals surface area contributed by atoms with E-state index in [4.69, 9.17) is 0 Å². The molecule has 1 aliphatic carbocycles. The van der Waals surface area contributed by atoms with Crippen LogP contribution in [0.15, 0.2) is 0 Å². The Morgan fingerprint density at radius 1 is 1.75 bits per heavy atom. The standard InChI is InChI=1S/C7H13F/c1-3-7(2)4-6(7)5-8/h6H,3-5H2,1-2H3. The molecule has 0 bridgehead atoms. The zero-order chi connectivity index (χ0) is 6.20. The van der Waals surface area contributed by atoms with E-state index in [2.05, 4.69) is 13.8 Å². The summed E-state index contributed by atoms with van der Waals surface area (Å²) in [5.74, 6) is 0.396. The van der Waals surface area contributed by atoms with Crippen LogP contribution in [0.4, 0.5) is 4.39 Å². The summed E-state index contributed by atoms with van der Waals surface area (Å²) < 4.78 is 11.9. The quantitative estimate of drug-likeness (QED) is 0.519. The average molecular weight is 116 g/mol. The van der Waals surface area contributed by atoms with E-state index >= 15 is 0 Å². The number of hydrogen-bond donors (Lipinski definition) is 0. The maximum atomic E-state index is 11.9. The van der Waals surface area contributed by atoms with Gasteiger partial charge in [0.25, 0.3) is 0 Å². The van der Waals surface area contributed by atoms with Crippen LogP contribution in [0, 0.1) is 11.3 Å². The summed E-state index contributed by atoms with van der Waals surface area (Å²) in [6.45, 7) is 4.19. The van der Waals surface area contributed by atoms with Gasteiger partial charge in [-0.05, 0) is 17.8 Å². The normalized spacial score (nSPS) is 44.6. The zero-order valence-electron chi connectivity index (χ0n) is 5.58. The van der Waals surface area contributed by atoms with Crippen molar-refractivity contribution in [2.45, 2.75) is 26.7 Å². The van der Waals surface area contributed by atoms with E-state index in [-0.39, 0.29) is 6.67 Å². The third-order valence-electron chi connectivity index (χ3n) is 2.53. The molecule has 0 aromatic rings. The zero-order valence-corrected chi connectivity index (χ0v) is 5.58. The van der Waals surface area contributed by atoms with Crippen LogP contribution in [0.25, 0.3) is 0 Å². The van der Waals surface area contributed by atoms with Crippen LogP contribution in [0.3, 0.4) is 0 Å². The molecule has 2 unspecified atom stereocenters. The molecular formula is C7H13F. The molecule has 1 fully saturated rings. The summed E-state index contributed by atoms with van der Waals surface area (Å²) in [4.78, 5) is 0. The topological polar surface area (TPSA) is 0 Å². The minimum Gasteiger partial charge on any atom is -0.251 e. The molecule has 1 saturated carbocycles. The van der Waals surface area contributed by atoms with E-state index in [0.29, 0.717) is 11.3 Å². The van der Waals surface area contributed by atoms with Crippen molar-refractivity contribution in [3.63, 3.8) is 0 Å². The Morgan fingerprint density at radius 3 is 2.50 bits per heavy atom. The SMILES string of the molecule is CCC1(C)CC1CF. The lowest BCUT2D eigenvalue weighted by Crippen LogP contribution is -1.95. The summed E-state index contributed by atoms with van der Waals surface area (Å²) in [6, 6.07) is 0. The summed E-state index contributed by atoms with van der Waals surface area (Å²) >= 11 is 0. The fourth-order valence-corrected chi connectivity index (χ4v) is 1.18. The first-order chi connectivity index (χ1) is 3.73. The van der Waals surface area contributed by atoms with Gasteiger partial charge < -0.3 is 0 Å². The third kappa shape index (κ3) is 0.743. The van der Waals surface area contributed by atoms with Crippen molar-refractivity contribution in [2.75, 3.05) is 6.67 Å². The first-order valence-electron chi connectivity index (χ1n) is 3.29. The molecule has 0 aromatic carbocycles. The van der Waals surface area contributed by atoms with Gasteiger partial charge in [-0.3, -0.25) is 4.39 Å². The smallest absolute Gasteiger partial charge is 0.0928 e. The second-order valence-electron chi connectivity index (χ2n) is 3.06. The Balaban J connectivity index is 2.31. The molecule has 0 saturated heterocycles. The van der Waals surface area contributed by atoms with E-state index in [9.17, 15) is 4.39 Å². The number of hydrogen-bond acceptors (Lipinski definition) is 0. The second kappa shape index (κ2) is 1.71. The lowest BCUT2D eigenvalue weighted by Gasteiger charge is -2.02. The van der Waals surface area contributed by atoms with Crippen LogP contribution >= 0.6 is 0 Å². The van der Waals surface area contributed by atoms with Crippen LogP contribution in [0.1, 0.15) is 26.7 Å². The van der Waals surface area contributed by atoms with E-state index in [1.165, 1.54) is 0 Å². The summed E-state index contributed by atoms with van der Waals surface area (Å²) in [5.41, 5.74) is 0.384. The molecule has 2 atom stereocenters. The molecule has 8 heavy (non-hydrogen) atoms. The molecule has 0 N–H and O–H groups in total. The average Bonchev–Trinajstić information content (AvgIpc) is 2.44. The Kier molecular flexibility index (Phi) is 1.30. The summed E-state index contributed by atoms with van der Waals surface area (Å²) in [6.07, 6.45) is 2.25. The predicted molar refractivity (Wildman–Crippen MR) is 32.5 cm³/mol. The van der Waals surface area contributed by atoms with Crippen molar-refractivity contribution in [2.24, 2.45) is 11.3 Å². The maximum Gasteiger partial charge on any atom is 0.0928 e.